The molecule has 0 spiro atoms. The number of amides is 1. The fraction of sp³-hybridized carbons (Fsp3) is 0.154. The zero-order chi connectivity index (χ0) is 13.8. The molecule has 5 nitrogen and oxygen atoms in total. The summed E-state index contributed by atoms with van der Waals surface area (Å²) in [5, 5.41) is 2.85. The Morgan fingerprint density at radius 2 is 2.00 bits per heavy atom. The van der Waals surface area contributed by atoms with Gasteiger partial charge in [-0.05, 0) is 12.5 Å². The van der Waals surface area contributed by atoms with Crippen molar-refractivity contribution in [2.75, 3.05) is 5.32 Å². The van der Waals surface area contributed by atoms with Gasteiger partial charge in [-0.25, -0.2) is 9.97 Å². The second kappa shape index (κ2) is 5.77. The molecule has 0 saturated heterocycles. The molecule has 0 aliphatic heterocycles. The Labute approximate surface area is 115 Å². The summed E-state index contributed by atoms with van der Waals surface area (Å²) >= 11 is 5.71. The molecule has 0 fully saturated rings. The molecule has 2 aromatic rings. The van der Waals surface area contributed by atoms with Crippen molar-refractivity contribution in [2.45, 2.75) is 13.0 Å². The van der Waals surface area contributed by atoms with E-state index in [1.807, 2.05) is 31.2 Å². The molecule has 19 heavy (non-hydrogen) atoms. The molecule has 1 atom stereocenters. The van der Waals surface area contributed by atoms with Crippen LogP contribution >= 0.6 is 11.6 Å². The minimum atomic E-state index is -0.755. The van der Waals surface area contributed by atoms with Crippen LogP contribution in [0.15, 0.2) is 36.7 Å². The van der Waals surface area contributed by atoms with Gasteiger partial charge in [-0.15, -0.1) is 0 Å². The van der Waals surface area contributed by atoms with Crippen molar-refractivity contribution < 1.29 is 4.79 Å². The van der Waals surface area contributed by atoms with Crippen molar-refractivity contribution >= 4 is 23.3 Å². The first-order valence-corrected chi connectivity index (χ1v) is 6.04. The molecule has 2 rings (SSSR count). The summed E-state index contributed by atoms with van der Waals surface area (Å²) < 4.78 is 0. The minimum Gasteiger partial charge on any atom is -0.316 e. The van der Waals surface area contributed by atoms with Crippen LogP contribution in [0.4, 0.5) is 5.82 Å². The molecule has 1 unspecified atom stereocenters. The van der Waals surface area contributed by atoms with Gasteiger partial charge in [0.1, 0.15) is 23.3 Å². The van der Waals surface area contributed by atoms with Gasteiger partial charge in [-0.1, -0.05) is 41.4 Å². The Kier molecular flexibility index (Phi) is 4.09. The van der Waals surface area contributed by atoms with Crippen molar-refractivity contribution in [2.24, 2.45) is 5.73 Å². The number of aromatic nitrogens is 2. The summed E-state index contributed by atoms with van der Waals surface area (Å²) in [5.41, 5.74) is 7.74. The molecule has 0 saturated carbocycles. The molecule has 1 heterocycles. The van der Waals surface area contributed by atoms with E-state index in [9.17, 15) is 4.79 Å². The van der Waals surface area contributed by atoms with E-state index in [2.05, 4.69) is 15.3 Å². The van der Waals surface area contributed by atoms with Gasteiger partial charge >= 0.3 is 0 Å². The second-order valence-corrected chi connectivity index (χ2v) is 4.49. The van der Waals surface area contributed by atoms with Gasteiger partial charge in [-0.2, -0.15) is 0 Å². The molecule has 0 aliphatic rings. The van der Waals surface area contributed by atoms with E-state index in [0.717, 1.165) is 11.1 Å². The maximum atomic E-state index is 12.0. The van der Waals surface area contributed by atoms with Crippen LogP contribution in [0.2, 0.25) is 5.15 Å². The molecular weight excluding hydrogens is 264 g/mol. The number of hydrogen-bond acceptors (Lipinski definition) is 4. The van der Waals surface area contributed by atoms with E-state index in [-0.39, 0.29) is 11.1 Å². The van der Waals surface area contributed by atoms with Crippen LogP contribution in [0.3, 0.4) is 0 Å². The smallest absolute Gasteiger partial charge is 0.247 e. The highest BCUT2D eigenvalue weighted by atomic mass is 35.5. The van der Waals surface area contributed by atoms with Crippen LogP contribution < -0.4 is 11.1 Å². The number of carbonyl (C=O) groups excluding carboxylic acids is 1. The van der Waals surface area contributed by atoms with Crippen molar-refractivity contribution in [3.05, 3.63) is 52.9 Å². The molecule has 6 heteroatoms. The Morgan fingerprint density at radius 1 is 1.32 bits per heavy atom. The lowest BCUT2D eigenvalue weighted by atomic mass is 10.1. The third-order valence-corrected chi connectivity index (χ3v) is 2.81. The van der Waals surface area contributed by atoms with Crippen LogP contribution in [0.25, 0.3) is 0 Å². The SMILES string of the molecule is Cc1ccc(C(N)C(=O)Nc2cc(Cl)ncn2)cc1. The van der Waals surface area contributed by atoms with Crippen LogP contribution in [-0.4, -0.2) is 15.9 Å². The predicted molar refractivity (Wildman–Crippen MR) is 73.8 cm³/mol. The molecule has 0 radical (unpaired) electrons. The van der Waals surface area contributed by atoms with Crippen LogP contribution in [-0.2, 0) is 4.79 Å². The third-order valence-electron chi connectivity index (χ3n) is 2.60. The predicted octanol–water partition coefficient (Wildman–Crippen LogP) is 2.08. The summed E-state index contributed by atoms with van der Waals surface area (Å²) in [6.07, 6.45) is 1.27. The molecule has 0 aliphatic carbocycles. The lowest BCUT2D eigenvalue weighted by Gasteiger charge is -2.12. The topological polar surface area (TPSA) is 80.9 Å². The number of nitrogens with one attached hydrogen (secondary N) is 1. The number of hydrogen-bond donors (Lipinski definition) is 2. The van der Waals surface area contributed by atoms with Crippen molar-refractivity contribution in [1.82, 2.24) is 9.97 Å². The zero-order valence-electron chi connectivity index (χ0n) is 10.3. The lowest BCUT2D eigenvalue weighted by Crippen LogP contribution is -2.28. The van der Waals surface area contributed by atoms with Gasteiger partial charge in [0.25, 0.3) is 0 Å². The van der Waals surface area contributed by atoms with Gasteiger partial charge in [0.15, 0.2) is 0 Å². The summed E-state index contributed by atoms with van der Waals surface area (Å²) in [7, 11) is 0. The average Bonchev–Trinajstić information content (AvgIpc) is 2.39. The third kappa shape index (κ3) is 3.49. The van der Waals surface area contributed by atoms with E-state index in [0.29, 0.717) is 5.82 Å². The maximum Gasteiger partial charge on any atom is 0.247 e. The summed E-state index contributed by atoms with van der Waals surface area (Å²) in [6, 6.07) is 8.17. The molecule has 0 bridgehead atoms. The van der Waals surface area contributed by atoms with E-state index in [1.165, 1.54) is 12.4 Å². The quantitative estimate of drug-likeness (QED) is 0.841. The van der Waals surface area contributed by atoms with Gasteiger partial charge in [0.05, 0.1) is 0 Å². The van der Waals surface area contributed by atoms with Gasteiger partial charge < -0.3 is 11.1 Å². The monoisotopic (exact) mass is 276 g/mol. The number of nitrogens with zero attached hydrogens (tertiary/aromatic N) is 2. The number of anilines is 1. The number of benzene rings is 1. The average molecular weight is 277 g/mol. The van der Waals surface area contributed by atoms with Crippen LogP contribution in [0.1, 0.15) is 17.2 Å². The van der Waals surface area contributed by atoms with E-state index >= 15 is 0 Å². The van der Waals surface area contributed by atoms with Crippen molar-refractivity contribution in [1.29, 1.82) is 0 Å². The normalized spacial score (nSPS) is 11.9. The molecule has 1 amide bonds. The number of aryl methyl sites for hydroxylation is 1. The molecular formula is C13H13ClN4O. The Bertz CT molecular complexity index is 585. The van der Waals surface area contributed by atoms with Gasteiger partial charge in [0, 0.05) is 6.07 Å². The number of carbonyl (C=O) groups is 1. The number of halogens is 1. The number of nitrogens with two attached hydrogens (primary N) is 1. The Balaban J connectivity index is 2.09. The fourth-order valence-corrected chi connectivity index (χ4v) is 1.68. The minimum absolute atomic E-state index is 0.259. The van der Waals surface area contributed by atoms with Crippen molar-refractivity contribution in [3.63, 3.8) is 0 Å². The highest BCUT2D eigenvalue weighted by molar-refractivity contribution is 6.29. The highest BCUT2D eigenvalue weighted by Crippen LogP contribution is 2.14. The molecule has 3 N–H and O–H groups in total. The first-order valence-electron chi connectivity index (χ1n) is 5.67. The summed E-state index contributed by atoms with van der Waals surface area (Å²) in [6.45, 7) is 1.97. The van der Waals surface area contributed by atoms with Gasteiger partial charge in [0.2, 0.25) is 5.91 Å². The van der Waals surface area contributed by atoms with E-state index < -0.39 is 6.04 Å². The lowest BCUT2D eigenvalue weighted by molar-refractivity contribution is -0.117. The van der Waals surface area contributed by atoms with Crippen LogP contribution in [0, 0.1) is 6.92 Å². The largest absolute Gasteiger partial charge is 0.316 e. The first-order chi connectivity index (χ1) is 9.06. The Morgan fingerprint density at radius 3 is 2.63 bits per heavy atom. The number of rotatable bonds is 3. The first kappa shape index (κ1) is 13.5. The van der Waals surface area contributed by atoms with E-state index in [4.69, 9.17) is 17.3 Å². The zero-order valence-corrected chi connectivity index (χ0v) is 11.1. The van der Waals surface area contributed by atoms with E-state index in [1.54, 1.807) is 0 Å². The highest BCUT2D eigenvalue weighted by Gasteiger charge is 2.16. The summed E-state index contributed by atoms with van der Waals surface area (Å²) in [5.74, 6) is -0.0221. The maximum absolute atomic E-state index is 12.0. The molecule has 1 aromatic carbocycles. The van der Waals surface area contributed by atoms with Gasteiger partial charge in [-0.3, -0.25) is 4.79 Å². The van der Waals surface area contributed by atoms with Crippen LogP contribution in [0.5, 0.6) is 0 Å². The second-order valence-electron chi connectivity index (χ2n) is 4.10. The fourth-order valence-electron chi connectivity index (χ4n) is 1.53. The Hall–Kier alpha value is -1.98. The standard InChI is InChI=1S/C13H13ClN4O/c1-8-2-4-9(5-3-8)12(15)13(19)18-11-6-10(14)16-7-17-11/h2-7,12H,15H2,1H3,(H,16,17,18,19). The molecule has 1 aromatic heterocycles. The summed E-state index contributed by atoms with van der Waals surface area (Å²) in [4.78, 5) is 19.6. The molecule has 98 valence electrons. The van der Waals surface area contributed by atoms with Crippen molar-refractivity contribution in [3.8, 4) is 0 Å².